The van der Waals surface area contributed by atoms with Gasteiger partial charge in [0.25, 0.3) is 0 Å². The molecule has 0 saturated carbocycles. The maximum Gasteiger partial charge on any atom is 0.338 e. The molecule has 1 aromatic carbocycles. The lowest BCUT2D eigenvalue weighted by Gasteiger charge is -2.31. The highest BCUT2D eigenvalue weighted by atomic mass is 32.2. The van der Waals surface area contributed by atoms with Gasteiger partial charge in [0, 0.05) is 13.1 Å². The minimum absolute atomic E-state index is 0.172. The summed E-state index contributed by atoms with van der Waals surface area (Å²) >= 11 is 0. The van der Waals surface area contributed by atoms with Crippen LogP contribution in [0.2, 0.25) is 0 Å². The minimum atomic E-state index is -3.43. The van der Waals surface area contributed by atoms with Crippen LogP contribution in [0.15, 0.2) is 24.3 Å². The van der Waals surface area contributed by atoms with Crippen molar-refractivity contribution >= 4 is 16.0 Å². The predicted octanol–water partition coefficient (Wildman–Crippen LogP) is 1.23. The summed E-state index contributed by atoms with van der Waals surface area (Å²) in [5, 5.41) is 3.14. The number of carbonyl (C=O) groups is 1. The molecule has 7 heteroatoms. The van der Waals surface area contributed by atoms with Gasteiger partial charge >= 0.3 is 5.97 Å². The van der Waals surface area contributed by atoms with Crippen molar-refractivity contribution in [2.75, 3.05) is 33.8 Å². The van der Waals surface area contributed by atoms with Crippen LogP contribution in [0.3, 0.4) is 0 Å². The van der Waals surface area contributed by atoms with Crippen LogP contribution in [-0.2, 0) is 20.5 Å². The fourth-order valence-corrected chi connectivity index (χ4v) is 4.52. The first-order chi connectivity index (χ1) is 11.0. The molecule has 1 aliphatic rings. The largest absolute Gasteiger partial charge is 0.465 e. The molecule has 1 saturated heterocycles. The molecule has 0 unspecified atom stereocenters. The molecular formula is C16H24N2O4S. The van der Waals surface area contributed by atoms with Crippen LogP contribution in [0.5, 0.6) is 0 Å². The molecule has 2 rings (SSSR count). The van der Waals surface area contributed by atoms with Gasteiger partial charge in [-0.15, -0.1) is 0 Å². The van der Waals surface area contributed by atoms with Gasteiger partial charge in [-0.3, -0.25) is 0 Å². The number of benzene rings is 1. The van der Waals surface area contributed by atoms with E-state index in [4.69, 9.17) is 4.74 Å². The maximum atomic E-state index is 12.6. The number of hydrogen-bond donors (Lipinski definition) is 1. The van der Waals surface area contributed by atoms with Gasteiger partial charge in [-0.2, -0.15) is 0 Å². The third-order valence-corrected chi connectivity index (χ3v) is 6.05. The van der Waals surface area contributed by atoms with Crippen molar-refractivity contribution in [3.63, 3.8) is 0 Å². The third-order valence-electron chi connectivity index (χ3n) is 4.22. The fourth-order valence-electron chi connectivity index (χ4n) is 2.92. The SMILES string of the molecule is CNCC1CCN(S(=O)(=O)Cc2ccccc2C(=O)OC)CC1. The van der Waals surface area contributed by atoms with Crippen LogP contribution in [0.1, 0.15) is 28.8 Å². The first kappa shape index (κ1) is 17.9. The Balaban J connectivity index is 2.09. The summed E-state index contributed by atoms with van der Waals surface area (Å²) in [7, 11) is -0.232. The zero-order valence-corrected chi connectivity index (χ0v) is 14.4. The van der Waals surface area contributed by atoms with E-state index in [9.17, 15) is 13.2 Å². The van der Waals surface area contributed by atoms with Crippen LogP contribution >= 0.6 is 0 Å². The monoisotopic (exact) mass is 340 g/mol. The number of rotatable bonds is 6. The fraction of sp³-hybridized carbons (Fsp3) is 0.562. The Bertz CT molecular complexity index is 637. The molecule has 0 aromatic heterocycles. The summed E-state index contributed by atoms with van der Waals surface area (Å²) in [4.78, 5) is 11.8. The van der Waals surface area contributed by atoms with Crippen molar-refractivity contribution in [3.8, 4) is 0 Å². The summed E-state index contributed by atoms with van der Waals surface area (Å²) < 4.78 is 31.5. The predicted molar refractivity (Wildman–Crippen MR) is 88.6 cm³/mol. The molecule has 0 atom stereocenters. The molecule has 1 aromatic rings. The van der Waals surface area contributed by atoms with Crippen molar-refractivity contribution in [2.24, 2.45) is 5.92 Å². The molecule has 6 nitrogen and oxygen atoms in total. The Labute approximate surface area is 137 Å². The number of hydrogen-bond acceptors (Lipinski definition) is 5. The number of piperidine rings is 1. The highest BCUT2D eigenvalue weighted by molar-refractivity contribution is 7.88. The molecular weight excluding hydrogens is 316 g/mol. The molecule has 0 aliphatic carbocycles. The highest BCUT2D eigenvalue weighted by Gasteiger charge is 2.29. The molecule has 0 spiro atoms. The lowest BCUT2D eigenvalue weighted by molar-refractivity contribution is 0.0600. The van der Waals surface area contributed by atoms with E-state index in [-0.39, 0.29) is 5.75 Å². The molecule has 1 N–H and O–H groups in total. The average Bonchev–Trinajstić information content (AvgIpc) is 2.55. The van der Waals surface area contributed by atoms with E-state index >= 15 is 0 Å². The standard InChI is InChI=1S/C16H24N2O4S/c1-17-11-13-7-9-18(10-8-13)23(20,21)12-14-5-3-4-6-15(14)16(19)22-2/h3-6,13,17H,7-12H2,1-2H3. The Kier molecular flexibility index (Phi) is 6.15. The Morgan fingerprint density at radius 2 is 1.96 bits per heavy atom. The number of carbonyl (C=O) groups excluding carboxylic acids is 1. The summed E-state index contributed by atoms with van der Waals surface area (Å²) in [6, 6.07) is 6.69. The second-order valence-corrected chi connectivity index (χ2v) is 7.77. The summed E-state index contributed by atoms with van der Waals surface area (Å²) in [6.45, 7) is 1.99. The smallest absolute Gasteiger partial charge is 0.338 e. The maximum absolute atomic E-state index is 12.6. The van der Waals surface area contributed by atoms with E-state index in [1.165, 1.54) is 11.4 Å². The van der Waals surface area contributed by atoms with Crippen LogP contribution in [0.25, 0.3) is 0 Å². The van der Waals surface area contributed by atoms with Crippen LogP contribution in [-0.4, -0.2) is 52.5 Å². The molecule has 0 bridgehead atoms. The summed E-state index contributed by atoms with van der Waals surface area (Å²) in [5.41, 5.74) is 0.792. The molecule has 1 heterocycles. The van der Waals surface area contributed by atoms with Crippen molar-refractivity contribution < 1.29 is 17.9 Å². The van der Waals surface area contributed by atoms with Crippen molar-refractivity contribution in [3.05, 3.63) is 35.4 Å². The first-order valence-corrected chi connectivity index (χ1v) is 9.37. The van der Waals surface area contributed by atoms with E-state index in [1.54, 1.807) is 24.3 Å². The Morgan fingerprint density at radius 1 is 1.30 bits per heavy atom. The normalized spacial score (nSPS) is 17.1. The Hall–Kier alpha value is -1.44. The van der Waals surface area contributed by atoms with Crippen molar-refractivity contribution in [1.82, 2.24) is 9.62 Å². The van der Waals surface area contributed by atoms with Crippen molar-refractivity contribution in [1.29, 1.82) is 0 Å². The molecule has 1 fully saturated rings. The van der Waals surface area contributed by atoms with E-state index < -0.39 is 16.0 Å². The zero-order valence-electron chi connectivity index (χ0n) is 13.6. The minimum Gasteiger partial charge on any atom is -0.465 e. The van der Waals surface area contributed by atoms with Crippen LogP contribution in [0, 0.1) is 5.92 Å². The number of methoxy groups -OCH3 is 1. The second kappa shape index (κ2) is 7.90. The Morgan fingerprint density at radius 3 is 2.57 bits per heavy atom. The van der Waals surface area contributed by atoms with Crippen molar-refractivity contribution in [2.45, 2.75) is 18.6 Å². The highest BCUT2D eigenvalue weighted by Crippen LogP contribution is 2.22. The average molecular weight is 340 g/mol. The van der Waals surface area contributed by atoms with Gasteiger partial charge in [0.05, 0.1) is 18.4 Å². The zero-order chi connectivity index (χ0) is 16.9. The first-order valence-electron chi connectivity index (χ1n) is 7.76. The van der Waals surface area contributed by atoms with E-state index in [2.05, 4.69) is 5.32 Å². The summed E-state index contributed by atoms with van der Waals surface area (Å²) in [5.74, 6) is -0.160. The lowest BCUT2D eigenvalue weighted by atomic mass is 9.98. The van der Waals surface area contributed by atoms with E-state index in [0.29, 0.717) is 30.1 Å². The molecule has 1 aliphatic heterocycles. The molecule has 23 heavy (non-hydrogen) atoms. The number of sulfonamides is 1. The van der Waals surface area contributed by atoms with Gasteiger partial charge in [-0.1, -0.05) is 18.2 Å². The van der Waals surface area contributed by atoms with Gasteiger partial charge < -0.3 is 10.1 Å². The quantitative estimate of drug-likeness (QED) is 0.789. The number of ether oxygens (including phenoxy) is 1. The van der Waals surface area contributed by atoms with Gasteiger partial charge in [-0.05, 0) is 44.0 Å². The lowest BCUT2D eigenvalue weighted by Crippen LogP contribution is -2.41. The van der Waals surface area contributed by atoms with E-state index in [0.717, 1.165) is 19.4 Å². The van der Waals surface area contributed by atoms with Gasteiger partial charge in [0.1, 0.15) is 0 Å². The number of nitrogens with one attached hydrogen (secondary N) is 1. The number of nitrogens with zero attached hydrogens (tertiary/aromatic N) is 1. The second-order valence-electron chi connectivity index (χ2n) is 5.81. The topological polar surface area (TPSA) is 75.7 Å². The van der Waals surface area contributed by atoms with E-state index in [1.807, 2.05) is 7.05 Å². The van der Waals surface area contributed by atoms with Crippen LogP contribution in [0.4, 0.5) is 0 Å². The molecule has 0 amide bonds. The number of esters is 1. The van der Waals surface area contributed by atoms with Gasteiger partial charge in [0.15, 0.2) is 0 Å². The summed E-state index contributed by atoms with van der Waals surface area (Å²) in [6.07, 6.45) is 1.72. The van der Waals surface area contributed by atoms with Gasteiger partial charge in [-0.25, -0.2) is 17.5 Å². The van der Waals surface area contributed by atoms with Crippen LogP contribution < -0.4 is 5.32 Å². The molecule has 0 radical (unpaired) electrons. The molecule has 128 valence electrons. The van der Waals surface area contributed by atoms with Gasteiger partial charge in [0.2, 0.25) is 10.0 Å². The third kappa shape index (κ3) is 4.53.